The van der Waals surface area contributed by atoms with Gasteiger partial charge in [0, 0.05) is 6.42 Å². The highest BCUT2D eigenvalue weighted by Crippen LogP contribution is 2.43. The van der Waals surface area contributed by atoms with E-state index < -0.39 is 5.97 Å². The molecule has 31 heavy (non-hydrogen) atoms. The highest BCUT2D eigenvalue weighted by Gasteiger charge is 2.34. The van der Waals surface area contributed by atoms with Crippen LogP contribution in [-0.4, -0.2) is 16.7 Å². The van der Waals surface area contributed by atoms with E-state index in [0.717, 1.165) is 43.3 Å². The SMILES string of the molecule is Cc1c(C)c2c(c(C)c1CCCC(=O)O)CC[C@@](C)(CCCC(C)CCCC(C)C)O2. The fraction of sp³-hybridized carbons (Fsp3) is 0.750. The van der Waals surface area contributed by atoms with Crippen molar-refractivity contribution in [2.24, 2.45) is 11.8 Å². The number of hydrogen-bond donors (Lipinski definition) is 1. The van der Waals surface area contributed by atoms with Gasteiger partial charge >= 0.3 is 5.97 Å². The lowest BCUT2D eigenvalue weighted by molar-refractivity contribution is -0.137. The second kappa shape index (κ2) is 11.4. The van der Waals surface area contributed by atoms with E-state index in [9.17, 15) is 4.79 Å². The number of rotatable bonds is 12. The molecule has 1 aromatic rings. The first-order chi connectivity index (χ1) is 14.5. The van der Waals surface area contributed by atoms with Crippen molar-refractivity contribution in [3.63, 3.8) is 0 Å². The second-order valence-electron chi connectivity index (χ2n) is 10.8. The van der Waals surface area contributed by atoms with Crippen molar-refractivity contribution in [3.8, 4) is 5.75 Å². The third-order valence-electron chi connectivity index (χ3n) is 7.49. The molecule has 2 rings (SSSR count). The van der Waals surface area contributed by atoms with Crippen molar-refractivity contribution in [2.45, 2.75) is 125 Å². The van der Waals surface area contributed by atoms with Gasteiger partial charge in [-0.25, -0.2) is 0 Å². The van der Waals surface area contributed by atoms with Crippen LogP contribution in [0, 0.1) is 32.6 Å². The first kappa shape index (κ1) is 25.7. The molecule has 176 valence electrons. The van der Waals surface area contributed by atoms with Gasteiger partial charge in [0.05, 0.1) is 0 Å². The molecule has 0 amide bonds. The Labute approximate surface area is 191 Å². The molecule has 0 saturated carbocycles. The van der Waals surface area contributed by atoms with Crippen LogP contribution in [0.1, 0.15) is 113 Å². The van der Waals surface area contributed by atoms with Crippen molar-refractivity contribution in [2.75, 3.05) is 0 Å². The maximum Gasteiger partial charge on any atom is 0.303 e. The molecule has 1 aliphatic heterocycles. The van der Waals surface area contributed by atoms with E-state index in [0.29, 0.717) is 6.42 Å². The van der Waals surface area contributed by atoms with E-state index in [4.69, 9.17) is 9.84 Å². The van der Waals surface area contributed by atoms with Gasteiger partial charge in [0.1, 0.15) is 11.4 Å². The molecule has 1 aromatic carbocycles. The van der Waals surface area contributed by atoms with E-state index in [-0.39, 0.29) is 12.0 Å². The Morgan fingerprint density at radius 1 is 1.00 bits per heavy atom. The molecule has 1 N–H and O–H groups in total. The number of fused-ring (bicyclic) bond motifs is 1. The third kappa shape index (κ3) is 7.26. The lowest BCUT2D eigenvalue weighted by atomic mass is 9.82. The van der Waals surface area contributed by atoms with Crippen LogP contribution in [0.3, 0.4) is 0 Å². The van der Waals surface area contributed by atoms with Gasteiger partial charge in [0.25, 0.3) is 0 Å². The summed E-state index contributed by atoms with van der Waals surface area (Å²) in [6, 6.07) is 0. The molecular weight excluding hydrogens is 384 g/mol. The average molecular weight is 431 g/mol. The molecule has 1 unspecified atom stereocenters. The van der Waals surface area contributed by atoms with Gasteiger partial charge < -0.3 is 9.84 Å². The van der Waals surface area contributed by atoms with Gasteiger partial charge in [-0.3, -0.25) is 4.79 Å². The summed E-state index contributed by atoms with van der Waals surface area (Å²) in [5, 5.41) is 8.98. The second-order valence-corrected chi connectivity index (χ2v) is 10.8. The van der Waals surface area contributed by atoms with Crippen LogP contribution in [-0.2, 0) is 17.6 Å². The Morgan fingerprint density at radius 2 is 1.68 bits per heavy atom. The summed E-state index contributed by atoms with van der Waals surface area (Å²) < 4.78 is 6.71. The van der Waals surface area contributed by atoms with Crippen molar-refractivity contribution in [3.05, 3.63) is 27.8 Å². The summed E-state index contributed by atoms with van der Waals surface area (Å²) >= 11 is 0. The van der Waals surface area contributed by atoms with Crippen LogP contribution < -0.4 is 4.74 Å². The molecule has 0 fully saturated rings. The lowest BCUT2D eigenvalue weighted by Gasteiger charge is -2.39. The number of benzene rings is 1. The number of ether oxygens (including phenoxy) is 1. The molecule has 0 spiro atoms. The molecule has 0 radical (unpaired) electrons. The Kier molecular flexibility index (Phi) is 9.45. The zero-order valence-corrected chi connectivity index (χ0v) is 21.2. The van der Waals surface area contributed by atoms with Crippen molar-refractivity contribution < 1.29 is 14.6 Å². The number of hydrogen-bond acceptors (Lipinski definition) is 2. The summed E-state index contributed by atoms with van der Waals surface area (Å²) in [6.07, 6.45) is 11.6. The molecular formula is C28H46O3. The molecule has 1 aliphatic rings. The molecule has 3 heteroatoms. The summed E-state index contributed by atoms with van der Waals surface area (Å²) in [5.41, 5.74) is 6.47. The molecule has 0 saturated heterocycles. The minimum absolute atomic E-state index is 0.0703. The number of carbonyl (C=O) groups is 1. The molecule has 0 bridgehead atoms. The first-order valence-corrected chi connectivity index (χ1v) is 12.6. The summed E-state index contributed by atoms with van der Waals surface area (Å²) in [6.45, 7) is 15.9. The number of carboxylic acids is 1. The number of carboxylic acid groups (broad SMARTS) is 1. The fourth-order valence-electron chi connectivity index (χ4n) is 5.19. The van der Waals surface area contributed by atoms with E-state index in [1.165, 1.54) is 59.9 Å². The highest BCUT2D eigenvalue weighted by atomic mass is 16.5. The molecule has 1 heterocycles. The van der Waals surface area contributed by atoms with Crippen LogP contribution in [0.25, 0.3) is 0 Å². The third-order valence-corrected chi connectivity index (χ3v) is 7.49. The van der Waals surface area contributed by atoms with Crippen LogP contribution in [0.2, 0.25) is 0 Å². The van der Waals surface area contributed by atoms with E-state index in [2.05, 4.69) is 48.5 Å². The topological polar surface area (TPSA) is 46.5 Å². The minimum Gasteiger partial charge on any atom is -0.487 e. The number of aliphatic carboxylic acids is 1. The summed E-state index contributed by atoms with van der Waals surface area (Å²) in [5.74, 6) is 2.02. The summed E-state index contributed by atoms with van der Waals surface area (Å²) in [4.78, 5) is 10.9. The van der Waals surface area contributed by atoms with Gasteiger partial charge in [-0.15, -0.1) is 0 Å². The van der Waals surface area contributed by atoms with Crippen molar-refractivity contribution >= 4 is 5.97 Å². The molecule has 2 atom stereocenters. The largest absolute Gasteiger partial charge is 0.487 e. The van der Waals surface area contributed by atoms with E-state index in [1.54, 1.807) is 0 Å². The predicted molar refractivity (Wildman–Crippen MR) is 130 cm³/mol. The zero-order chi connectivity index (χ0) is 23.2. The Morgan fingerprint density at radius 3 is 2.32 bits per heavy atom. The van der Waals surface area contributed by atoms with Crippen LogP contribution in [0.4, 0.5) is 0 Å². The fourth-order valence-corrected chi connectivity index (χ4v) is 5.19. The standard InChI is InChI=1S/C28H46O3/c1-19(2)11-8-12-20(3)13-10-17-28(7)18-16-25-23(6)24(14-9-15-26(29)30)21(4)22(5)27(25)31-28/h19-20H,8-18H2,1-7H3,(H,29,30)/t20?,28-/m1/s1. The highest BCUT2D eigenvalue weighted by molar-refractivity contribution is 5.66. The monoisotopic (exact) mass is 430 g/mol. The maximum atomic E-state index is 10.9. The zero-order valence-electron chi connectivity index (χ0n) is 21.2. The lowest BCUT2D eigenvalue weighted by Crippen LogP contribution is -2.37. The predicted octanol–water partition coefficient (Wildman–Crippen LogP) is 7.74. The van der Waals surface area contributed by atoms with Gasteiger partial charge in [0.15, 0.2) is 0 Å². The van der Waals surface area contributed by atoms with Crippen molar-refractivity contribution in [1.82, 2.24) is 0 Å². The van der Waals surface area contributed by atoms with Crippen LogP contribution in [0.5, 0.6) is 5.75 Å². The van der Waals surface area contributed by atoms with Gasteiger partial charge in [-0.1, -0.05) is 46.5 Å². The van der Waals surface area contributed by atoms with Crippen LogP contribution in [0.15, 0.2) is 0 Å². The average Bonchev–Trinajstić information content (AvgIpc) is 2.68. The Bertz CT molecular complexity index is 749. The van der Waals surface area contributed by atoms with Crippen molar-refractivity contribution in [1.29, 1.82) is 0 Å². The van der Waals surface area contributed by atoms with E-state index >= 15 is 0 Å². The first-order valence-electron chi connectivity index (χ1n) is 12.6. The van der Waals surface area contributed by atoms with Gasteiger partial charge in [-0.05, 0) is 106 Å². The van der Waals surface area contributed by atoms with Gasteiger partial charge in [-0.2, -0.15) is 0 Å². The molecule has 0 aliphatic carbocycles. The Balaban J connectivity index is 2.00. The normalized spacial score (nSPS) is 19.2. The summed E-state index contributed by atoms with van der Waals surface area (Å²) in [7, 11) is 0. The smallest absolute Gasteiger partial charge is 0.303 e. The Hall–Kier alpha value is -1.51. The van der Waals surface area contributed by atoms with Gasteiger partial charge in [0.2, 0.25) is 0 Å². The molecule has 3 nitrogen and oxygen atoms in total. The maximum absolute atomic E-state index is 10.9. The van der Waals surface area contributed by atoms with Crippen LogP contribution >= 0.6 is 0 Å². The minimum atomic E-state index is -0.710. The molecule has 0 aromatic heterocycles. The quantitative estimate of drug-likeness (QED) is 0.369. The van der Waals surface area contributed by atoms with E-state index in [1.807, 2.05) is 0 Å².